The Morgan fingerprint density at radius 3 is 2.58 bits per heavy atom. The summed E-state index contributed by atoms with van der Waals surface area (Å²) in [6.07, 6.45) is 5.62. The minimum absolute atomic E-state index is 0.0246. The molecule has 2 aromatic carbocycles. The number of halogens is 2. The fourth-order valence-corrected chi connectivity index (χ4v) is 4.62. The van der Waals surface area contributed by atoms with Crippen LogP contribution in [0.25, 0.3) is 22.3 Å². The largest absolute Gasteiger partial charge is 0.493 e. The topological polar surface area (TPSA) is 76.1 Å². The number of ether oxygens (including phenoxy) is 2. The maximum atomic E-state index is 13.6. The lowest BCUT2D eigenvalue weighted by Crippen LogP contribution is -2.38. The molecule has 10 heteroatoms. The van der Waals surface area contributed by atoms with Gasteiger partial charge in [0.2, 0.25) is 0 Å². The molecule has 5 rings (SSSR count). The molecule has 0 atom stereocenters. The molecule has 3 aromatic heterocycles. The smallest absolute Gasteiger partial charge is 0.277 e. The molecule has 0 spiro atoms. The van der Waals surface area contributed by atoms with Gasteiger partial charge in [0.1, 0.15) is 38.7 Å². The second-order valence-corrected chi connectivity index (χ2v) is 9.66. The van der Waals surface area contributed by atoms with E-state index >= 15 is 0 Å². The van der Waals surface area contributed by atoms with Crippen molar-refractivity contribution in [2.24, 2.45) is 14.1 Å². The first-order chi connectivity index (χ1) is 19.4. The lowest BCUT2D eigenvalue weighted by atomic mass is 10.2. The molecule has 0 aliphatic heterocycles. The molecule has 8 nitrogen and oxygen atoms in total. The highest BCUT2D eigenvalue weighted by Crippen LogP contribution is 2.35. The summed E-state index contributed by atoms with van der Waals surface area (Å²) < 4.78 is 29.5. The molecule has 0 fully saturated rings. The summed E-state index contributed by atoms with van der Waals surface area (Å²) in [6, 6.07) is 18.5. The van der Waals surface area contributed by atoms with Crippen LogP contribution >= 0.6 is 11.6 Å². The Kier molecular flexibility index (Phi) is 8.33. The highest BCUT2D eigenvalue weighted by Gasteiger charge is 2.18. The van der Waals surface area contributed by atoms with Gasteiger partial charge in [-0.2, -0.15) is 9.13 Å². The van der Waals surface area contributed by atoms with E-state index < -0.39 is 5.82 Å². The van der Waals surface area contributed by atoms with Crippen molar-refractivity contribution < 1.29 is 23.0 Å². The zero-order chi connectivity index (χ0) is 28.1. The van der Waals surface area contributed by atoms with Crippen molar-refractivity contribution in [2.75, 3.05) is 25.6 Å². The normalized spacial score (nSPS) is 11.0. The fraction of sp³-hybridized carbons (Fsp3) is 0.200. The van der Waals surface area contributed by atoms with E-state index in [9.17, 15) is 4.39 Å². The number of rotatable bonds is 10. The molecule has 0 bridgehead atoms. The van der Waals surface area contributed by atoms with Crippen LogP contribution in [0.2, 0.25) is 5.02 Å². The van der Waals surface area contributed by atoms with Gasteiger partial charge in [0.15, 0.2) is 23.9 Å². The molecular weight excluding hydrogens is 531 g/mol. The summed E-state index contributed by atoms with van der Waals surface area (Å²) in [5, 5.41) is 7.37. The first kappa shape index (κ1) is 27.2. The number of nitrogens with one attached hydrogen (secondary N) is 2. The molecule has 2 N–H and O–H groups in total. The first-order valence-electron chi connectivity index (χ1n) is 12.7. The number of hydrogen-bond donors (Lipinski definition) is 2. The molecule has 0 saturated carbocycles. The molecule has 3 heterocycles. The van der Waals surface area contributed by atoms with Gasteiger partial charge in [-0.15, -0.1) is 0 Å². The van der Waals surface area contributed by atoms with E-state index in [1.54, 1.807) is 19.2 Å². The van der Waals surface area contributed by atoms with Gasteiger partial charge in [-0.25, -0.2) is 14.4 Å². The lowest BCUT2D eigenvalue weighted by molar-refractivity contribution is -0.690. The average Bonchev–Trinajstić information content (AvgIpc) is 2.95. The number of benzene rings is 2. The molecule has 0 saturated heterocycles. The summed E-state index contributed by atoms with van der Waals surface area (Å²) in [6.45, 7) is 1.76. The van der Waals surface area contributed by atoms with Crippen LogP contribution in [-0.4, -0.2) is 30.2 Å². The van der Waals surface area contributed by atoms with E-state index in [1.165, 1.54) is 24.0 Å². The number of fused-ring (bicyclic) bond motifs is 1. The quantitative estimate of drug-likeness (QED) is 0.191. The SMILES string of the molecule is COc1cc2ncnc(Nc3ccc(F)c(Cl)c3)c2cc1OCCNCc1ccc(-c2cccc[n+]2C)[n+](C)c1. The van der Waals surface area contributed by atoms with Gasteiger partial charge in [-0.3, -0.25) is 0 Å². The van der Waals surface area contributed by atoms with Gasteiger partial charge in [0.05, 0.1) is 17.6 Å². The molecule has 204 valence electrons. The Labute approximate surface area is 237 Å². The molecule has 0 radical (unpaired) electrons. The molecular formula is C30H30ClFN6O2+2. The third kappa shape index (κ3) is 6.11. The Bertz CT molecular complexity index is 1670. The lowest BCUT2D eigenvalue weighted by Gasteiger charge is -2.14. The highest BCUT2D eigenvalue weighted by molar-refractivity contribution is 6.31. The maximum absolute atomic E-state index is 13.6. The predicted octanol–water partition coefficient (Wildman–Crippen LogP) is 4.66. The van der Waals surface area contributed by atoms with Crippen molar-refractivity contribution in [3.63, 3.8) is 0 Å². The van der Waals surface area contributed by atoms with Crippen molar-refractivity contribution in [3.8, 4) is 22.9 Å². The number of methoxy groups -OCH3 is 1. The van der Waals surface area contributed by atoms with Crippen molar-refractivity contribution in [1.82, 2.24) is 15.3 Å². The number of nitrogens with zero attached hydrogens (tertiary/aromatic N) is 4. The van der Waals surface area contributed by atoms with E-state index in [-0.39, 0.29) is 5.02 Å². The van der Waals surface area contributed by atoms with Crippen molar-refractivity contribution in [2.45, 2.75) is 6.54 Å². The second-order valence-electron chi connectivity index (χ2n) is 9.25. The van der Waals surface area contributed by atoms with Crippen molar-refractivity contribution >= 4 is 34.0 Å². The summed E-state index contributed by atoms with van der Waals surface area (Å²) >= 11 is 5.94. The van der Waals surface area contributed by atoms with Crippen LogP contribution in [0.3, 0.4) is 0 Å². The van der Waals surface area contributed by atoms with E-state index in [2.05, 4.69) is 61.2 Å². The zero-order valence-corrected chi connectivity index (χ0v) is 23.2. The minimum Gasteiger partial charge on any atom is -0.493 e. The monoisotopic (exact) mass is 560 g/mol. The first-order valence-corrected chi connectivity index (χ1v) is 13.1. The maximum Gasteiger partial charge on any atom is 0.277 e. The van der Waals surface area contributed by atoms with Crippen LogP contribution in [0.5, 0.6) is 11.5 Å². The third-order valence-electron chi connectivity index (χ3n) is 6.48. The van der Waals surface area contributed by atoms with Gasteiger partial charge in [0.25, 0.3) is 11.4 Å². The Hall–Kier alpha value is -4.34. The Morgan fingerprint density at radius 2 is 1.80 bits per heavy atom. The Balaban J connectivity index is 1.23. The second kappa shape index (κ2) is 12.2. The number of pyridine rings is 2. The third-order valence-corrected chi connectivity index (χ3v) is 6.77. The van der Waals surface area contributed by atoms with E-state index in [0.29, 0.717) is 48.2 Å². The highest BCUT2D eigenvalue weighted by atomic mass is 35.5. The minimum atomic E-state index is -0.485. The summed E-state index contributed by atoms with van der Waals surface area (Å²) in [4.78, 5) is 8.72. The van der Waals surface area contributed by atoms with Crippen LogP contribution in [0.1, 0.15) is 5.56 Å². The molecule has 0 amide bonds. The fourth-order valence-electron chi connectivity index (χ4n) is 4.44. The van der Waals surface area contributed by atoms with Crippen LogP contribution in [0.15, 0.2) is 79.4 Å². The Morgan fingerprint density at radius 1 is 0.950 bits per heavy atom. The van der Waals surface area contributed by atoms with Gasteiger partial charge in [0, 0.05) is 54.0 Å². The molecule has 5 aromatic rings. The molecule has 0 unspecified atom stereocenters. The number of aromatic nitrogens is 4. The van der Waals surface area contributed by atoms with E-state index in [0.717, 1.165) is 16.8 Å². The predicted molar refractivity (Wildman–Crippen MR) is 152 cm³/mol. The zero-order valence-electron chi connectivity index (χ0n) is 22.5. The van der Waals surface area contributed by atoms with Crippen LogP contribution in [-0.2, 0) is 20.6 Å². The standard InChI is InChI=1S/C30H30ClFN6O2/c1-37-12-5-4-6-26(37)27-10-7-20(18-38(27)2)17-33-11-13-40-29-15-22-25(16-28(29)39-3)34-19-35-30(22)36-21-8-9-24(32)23(31)14-21/h4-10,12,14-16,18-19,33H,11,13,17H2,1-3H3,(H,34,35,36)/q+2. The summed E-state index contributed by atoms with van der Waals surface area (Å²) in [5.74, 6) is 1.19. The van der Waals surface area contributed by atoms with Crippen molar-refractivity contribution in [3.05, 3.63) is 95.8 Å². The van der Waals surface area contributed by atoms with E-state index in [1.807, 2.05) is 31.4 Å². The number of hydrogen-bond acceptors (Lipinski definition) is 6. The summed E-state index contributed by atoms with van der Waals surface area (Å²) in [7, 11) is 5.69. The van der Waals surface area contributed by atoms with Gasteiger partial charge in [-0.05, 0) is 36.4 Å². The number of aryl methyl sites for hydroxylation is 2. The van der Waals surface area contributed by atoms with Crippen LogP contribution in [0.4, 0.5) is 15.9 Å². The average molecular weight is 561 g/mol. The molecule has 0 aliphatic carbocycles. The molecule has 0 aliphatic rings. The van der Waals surface area contributed by atoms with Gasteiger partial charge >= 0.3 is 0 Å². The van der Waals surface area contributed by atoms with Crippen LogP contribution < -0.4 is 29.2 Å². The molecule has 40 heavy (non-hydrogen) atoms. The number of anilines is 2. The van der Waals surface area contributed by atoms with Gasteiger partial charge in [-0.1, -0.05) is 11.6 Å². The van der Waals surface area contributed by atoms with Crippen LogP contribution in [0, 0.1) is 5.82 Å². The van der Waals surface area contributed by atoms with Gasteiger partial charge < -0.3 is 20.1 Å². The summed E-state index contributed by atoms with van der Waals surface area (Å²) in [5.41, 5.74) is 4.73. The van der Waals surface area contributed by atoms with E-state index in [4.69, 9.17) is 21.1 Å². The van der Waals surface area contributed by atoms with Crippen molar-refractivity contribution in [1.29, 1.82) is 0 Å².